The highest BCUT2D eigenvalue weighted by atomic mass is 32.2. The molecule has 0 aromatic heterocycles. The van der Waals surface area contributed by atoms with Crippen LogP contribution in [0.25, 0.3) is 0 Å². The Balaban J connectivity index is 2.77. The Kier molecular flexibility index (Phi) is 5.11. The molecule has 0 aliphatic heterocycles. The van der Waals surface area contributed by atoms with Crippen molar-refractivity contribution in [3.63, 3.8) is 0 Å². The largest absolute Gasteiger partial charge is 0.392 e. The van der Waals surface area contributed by atoms with Gasteiger partial charge in [-0.05, 0) is 31.0 Å². The highest BCUT2D eigenvalue weighted by molar-refractivity contribution is 7.89. The van der Waals surface area contributed by atoms with Crippen LogP contribution in [-0.2, 0) is 16.4 Å². The van der Waals surface area contributed by atoms with Crippen LogP contribution in [0.4, 0.5) is 0 Å². The molecule has 17 heavy (non-hydrogen) atoms. The topological polar surface area (TPSA) is 66.4 Å². The molecule has 4 nitrogen and oxygen atoms in total. The van der Waals surface area contributed by atoms with Gasteiger partial charge in [-0.3, -0.25) is 0 Å². The van der Waals surface area contributed by atoms with E-state index < -0.39 is 16.1 Å². The standard InChI is InChI=1S/C12H19NO3S/c1-3-4-11-5-7-12(8-6-11)17(15,16)13-9-10(2)14/h5-8,10,13-14H,3-4,9H2,1-2H3/t10-/m0/s1. The zero-order chi connectivity index (χ0) is 12.9. The van der Waals surface area contributed by atoms with Gasteiger partial charge in [0.25, 0.3) is 0 Å². The zero-order valence-corrected chi connectivity index (χ0v) is 11.0. The van der Waals surface area contributed by atoms with E-state index in [1.807, 2.05) is 12.1 Å². The molecule has 0 fully saturated rings. The Labute approximate surface area is 103 Å². The van der Waals surface area contributed by atoms with E-state index in [1.165, 1.54) is 6.92 Å². The van der Waals surface area contributed by atoms with Gasteiger partial charge in [0.15, 0.2) is 0 Å². The van der Waals surface area contributed by atoms with Crippen LogP contribution in [0.5, 0.6) is 0 Å². The average Bonchev–Trinajstić information content (AvgIpc) is 2.28. The maximum Gasteiger partial charge on any atom is 0.240 e. The predicted molar refractivity (Wildman–Crippen MR) is 67.3 cm³/mol. The summed E-state index contributed by atoms with van der Waals surface area (Å²) in [5.41, 5.74) is 1.13. The molecule has 1 atom stereocenters. The molecule has 1 aromatic carbocycles. The lowest BCUT2D eigenvalue weighted by atomic mass is 10.1. The summed E-state index contributed by atoms with van der Waals surface area (Å²) in [4.78, 5) is 0.234. The summed E-state index contributed by atoms with van der Waals surface area (Å²) in [5, 5.41) is 9.05. The van der Waals surface area contributed by atoms with E-state index in [0.717, 1.165) is 18.4 Å². The molecule has 5 heteroatoms. The van der Waals surface area contributed by atoms with E-state index in [-0.39, 0.29) is 11.4 Å². The molecule has 0 radical (unpaired) electrons. The van der Waals surface area contributed by atoms with E-state index >= 15 is 0 Å². The van der Waals surface area contributed by atoms with Gasteiger partial charge in [0.1, 0.15) is 0 Å². The van der Waals surface area contributed by atoms with Gasteiger partial charge >= 0.3 is 0 Å². The maximum atomic E-state index is 11.8. The highest BCUT2D eigenvalue weighted by Crippen LogP contribution is 2.11. The van der Waals surface area contributed by atoms with Crippen molar-refractivity contribution >= 4 is 10.0 Å². The Morgan fingerprint density at radius 3 is 2.35 bits per heavy atom. The quantitative estimate of drug-likeness (QED) is 0.807. The molecule has 0 aliphatic rings. The van der Waals surface area contributed by atoms with Gasteiger partial charge in [-0.25, -0.2) is 13.1 Å². The number of sulfonamides is 1. The first-order valence-electron chi connectivity index (χ1n) is 5.72. The predicted octanol–water partition coefficient (Wildman–Crippen LogP) is 1.30. The molecule has 0 bridgehead atoms. The molecule has 0 aliphatic carbocycles. The second-order valence-electron chi connectivity index (χ2n) is 4.09. The summed E-state index contributed by atoms with van der Waals surface area (Å²) in [6.45, 7) is 3.64. The third kappa shape index (κ3) is 4.46. The van der Waals surface area contributed by atoms with Crippen molar-refractivity contribution in [1.29, 1.82) is 0 Å². The highest BCUT2D eigenvalue weighted by Gasteiger charge is 2.13. The third-order valence-corrected chi connectivity index (χ3v) is 3.78. The molecule has 0 heterocycles. The summed E-state index contributed by atoms with van der Waals surface area (Å²) in [5.74, 6) is 0. The summed E-state index contributed by atoms with van der Waals surface area (Å²) < 4.78 is 25.9. The molecule has 0 amide bonds. The first-order chi connectivity index (χ1) is 7.95. The molecule has 1 rings (SSSR count). The van der Waals surface area contributed by atoms with Crippen LogP contribution in [0.2, 0.25) is 0 Å². The van der Waals surface area contributed by atoms with Gasteiger partial charge in [-0.2, -0.15) is 0 Å². The number of aliphatic hydroxyl groups is 1. The number of hydrogen-bond donors (Lipinski definition) is 2. The normalized spacial score (nSPS) is 13.6. The van der Waals surface area contributed by atoms with Gasteiger partial charge in [0.05, 0.1) is 11.0 Å². The van der Waals surface area contributed by atoms with Crippen molar-refractivity contribution in [2.45, 2.75) is 37.7 Å². The lowest BCUT2D eigenvalue weighted by molar-refractivity contribution is 0.198. The van der Waals surface area contributed by atoms with Gasteiger partial charge in [0, 0.05) is 6.54 Å². The van der Waals surface area contributed by atoms with Gasteiger partial charge in [-0.15, -0.1) is 0 Å². The minimum Gasteiger partial charge on any atom is -0.392 e. The van der Waals surface area contributed by atoms with E-state index in [0.29, 0.717) is 0 Å². The summed E-state index contributed by atoms with van der Waals surface area (Å²) in [6.07, 6.45) is 1.29. The Morgan fingerprint density at radius 2 is 1.88 bits per heavy atom. The Morgan fingerprint density at radius 1 is 1.29 bits per heavy atom. The maximum absolute atomic E-state index is 11.8. The molecule has 0 saturated carbocycles. The average molecular weight is 257 g/mol. The monoisotopic (exact) mass is 257 g/mol. The van der Waals surface area contributed by atoms with Crippen LogP contribution in [-0.4, -0.2) is 26.2 Å². The first-order valence-corrected chi connectivity index (χ1v) is 7.20. The second kappa shape index (κ2) is 6.14. The van der Waals surface area contributed by atoms with Crippen LogP contribution in [0.1, 0.15) is 25.8 Å². The molecule has 0 unspecified atom stereocenters. The van der Waals surface area contributed by atoms with Crippen molar-refractivity contribution in [2.24, 2.45) is 0 Å². The fourth-order valence-corrected chi connectivity index (χ4v) is 2.56. The van der Waals surface area contributed by atoms with Crippen LogP contribution < -0.4 is 4.72 Å². The van der Waals surface area contributed by atoms with Crippen LogP contribution >= 0.6 is 0 Å². The van der Waals surface area contributed by atoms with Crippen LogP contribution in [0.15, 0.2) is 29.2 Å². The number of rotatable bonds is 6. The number of aliphatic hydroxyl groups excluding tert-OH is 1. The van der Waals surface area contributed by atoms with Crippen LogP contribution in [0, 0.1) is 0 Å². The second-order valence-corrected chi connectivity index (χ2v) is 5.86. The van der Waals surface area contributed by atoms with Gasteiger partial charge in [-0.1, -0.05) is 25.5 Å². The van der Waals surface area contributed by atoms with Crippen LogP contribution in [0.3, 0.4) is 0 Å². The number of aryl methyl sites for hydroxylation is 1. The summed E-state index contributed by atoms with van der Waals surface area (Å²) in [6, 6.07) is 6.83. The van der Waals surface area contributed by atoms with Crippen molar-refractivity contribution in [3.05, 3.63) is 29.8 Å². The fourth-order valence-electron chi connectivity index (χ4n) is 1.44. The number of hydrogen-bond acceptors (Lipinski definition) is 3. The Hall–Kier alpha value is -0.910. The van der Waals surface area contributed by atoms with Gasteiger partial charge < -0.3 is 5.11 Å². The molecule has 1 aromatic rings. The van der Waals surface area contributed by atoms with E-state index in [9.17, 15) is 8.42 Å². The minimum absolute atomic E-state index is 0.0268. The molecular weight excluding hydrogens is 238 g/mol. The van der Waals surface area contributed by atoms with Crippen molar-refractivity contribution in [2.75, 3.05) is 6.54 Å². The first kappa shape index (κ1) is 14.2. The number of benzene rings is 1. The molecule has 0 spiro atoms. The smallest absolute Gasteiger partial charge is 0.240 e. The molecule has 0 saturated heterocycles. The lowest BCUT2D eigenvalue weighted by Gasteiger charge is -2.08. The molecular formula is C12H19NO3S. The Bertz CT molecular complexity index is 437. The van der Waals surface area contributed by atoms with Gasteiger partial charge in [0.2, 0.25) is 10.0 Å². The van der Waals surface area contributed by atoms with E-state index in [2.05, 4.69) is 11.6 Å². The zero-order valence-electron chi connectivity index (χ0n) is 10.2. The molecule has 2 N–H and O–H groups in total. The number of nitrogens with one attached hydrogen (secondary N) is 1. The van der Waals surface area contributed by atoms with Crippen molar-refractivity contribution in [1.82, 2.24) is 4.72 Å². The van der Waals surface area contributed by atoms with E-state index in [1.54, 1.807) is 12.1 Å². The van der Waals surface area contributed by atoms with Crippen molar-refractivity contribution in [3.8, 4) is 0 Å². The lowest BCUT2D eigenvalue weighted by Crippen LogP contribution is -2.30. The third-order valence-electron chi connectivity index (χ3n) is 2.34. The molecule has 96 valence electrons. The SMILES string of the molecule is CCCc1ccc(S(=O)(=O)NC[C@H](C)O)cc1. The summed E-state index contributed by atoms with van der Waals surface area (Å²) in [7, 11) is -3.50. The van der Waals surface area contributed by atoms with E-state index in [4.69, 9.17) is 5.11 Å². The fraction of sp³-hybridized carbons (Fsp3) is 0.500. The minimum atomic E-state index is -3.50. The van der Waals surface area contributed by atoms with Crippen molar-refractivity contribution < 1.29 is 13.5 Å². The summed E-state index contributed by atoms with van der Waals surface area (Å²) >= 11 is 0.